The van der Waals surface area contributed by atoms with Crippen molar-refractivity contribution in [1.82, 2.24) is 0 Å². The van der Waals surface area contributed by atoms with Crippen LogP contribution < -0.4 is 9.47 Å². The fourth-order valence-corrected chi connectivity index (χ4v) is 2.02. The van der Waals surface area contributed by atoms with Crippen molar-refractivity contribution in [1.29, 1.82) is 0 Å². The Labute approximate surface area is 98.6 Å². The normalized spacial score (nSPS) is 10.2. The summed E-state index contributed by atoms with van der Waals surface area (Å²) in [5, 5.41) is 0. The van der Waals surface area contributed by atoms with Gasteiger partial charge in [0.2, 0.25) is 0 Å². The molecule has 16 heavy (non-hydrogen) atoms. The number of benzene rings is 1. The Morgan fingerprint density at radius 1 is 0.812 bits per heavy atom. The molecule has 0 radical (unpaired) electrons. The van der Waals surface area contributed by atoms with Crippen molar-refractivity contribution in [3.05, 3.63) is 23.3 Å². The van der Waals surface area contributed by atoms with E-state index in [9.17, 15) is 0 Å². The maximum Gasteiger partial charge on any atom is 0.164 e. The van der Waals surface area contributed by atoms with Crippen molar-refractivity contribution < 1.29 is 9.47 Å². The molecule has 90 valence electrons. The van der Waals surface area contributed by atoms with Gasteiger partial charge in [0.1, 0.15) is 0 Å². The number of rotatable bonds is 6. The van der Waals surface area contributed by atoms with E-state index < -0.39 is 0 Å². The minimum atomic E-state index is 0.912. The molecule has 1 aromatic rings. The zero-order valence-electron chi connectivity index (χ0n) is 10.8. The molecule has 0 bridgehead atoms. The summed E-state index contributed by atoms with van der Waals surface area (Å²) in [5.41, 5.74) is 2.48. The number of methoxy groups -OCH3 is 2. The molecule has 1 rings (SSSR count). The van der Waals surface area contributed by atoms with Crippen molar-refractivity contribution in [3.63, 3.8) is 0 Å². The molecule has 2 heteroatoms. The van der Waals surface area contributed by atoms with Crippen LogP contribution in [-0.4, -0.2) is 14.2 Å². The third-order valence-electron chi connectivity index (χ3n) is 2.72. The summed E-state index contributed by atoms with van der Waals surface area (Å²) in [5.74, 6) is 1.82. The van der Waals surface area contributed by atoms with Crippen LogP contribution >= 0.6 is 0 Å². The van der Waals surface area contributed by atoms with Crippen molar-refractivity contribution in [2.75, 3.05) is 14.2 Å². The fourth-order valence-electron chi connectivity index (χ4n) is 2.02. The highest BCUT2D eigenvalue weighted by Crippen LogP contribution is 2.36. The lowest BCUT2D eigenvalue weighted by atomic mass is 10.0. The molecule has 0 aliphatic rings. The lowest BCUT2D eigenvalue weighted by Gasteiger charge is -2.16. The van der Waals surface area contributed by atoms with Crippen molar-refractivity contribution >= 4 is 0 Å². The first-order valence-electron chi connectivity index (χ1n) is 6.01. The zero-order chi connectivity index (χ0) is 12.0. The number of hydrogen-bond donors (Lipinski definition) is 0. The van der Waals surface area contributed by atoms with E-state index in [1.165, 1.54) is 11.1 Å². The molecule has 0 saturated heterocycles. The molecule has 0 aliphatic heterocycles. The van der Waals surface area contributed by atoms with Crippen LogP contribution in [0, 0.1) is 0 Å². The van der Waals surface area contributed by atoms with Gasteiger partial charge < -0.3 is 9.47 Å². The predicted molar refractivity (Wildman–Crippen MR) is 67.5 cm³/mol. The molecular weight excluding hydrogens is 200 g/mol. The molecule has 0 amide bonds. The van der Waals surface area contributed by atoms with E-state index in [0.29, 0.717) is 0 Å². The molecular formula is C14H22O2. The minimum Gasteiger partial charge on any atom is -0.493 e. The Kier molecular flexibility index (Phi) is 5.17. The van der Waals surface area contributed by atoms with E-state index in [1.807, 2.05) is 0 Å². The Bertz CT molecular complexity index is 299. The molecule has 1 aromatic carbocycles. The van der Waals surface area contributed by atoms with Crippen LogP contribution in [0.3, 0.4) is 0 Å². The Hall–Kier alpha value is -1.18. The average molecular weight is 222 g/mol. The third-order valence-corrected chi connectivity index (χ3v) is 2.72. The standard InChI is InChI=1S/C14H22O2/c1-5-7-11-9-10-12(8-6-2)14(16-4)13(11)15-3/h9-10H,5-8H2,1-4H3. The summed E-state index contributed by atoms with van der Waals surface area (Å²) >= 11 is 0. The highest BCUT2D eigenvalue weighted by molar-refractivity contribution is 5.52. The van der Waals surface area contributed by atoms with Gasteiger partial charge in [-0.2, -0.15) is 0 Å². The molecule has 2 nitrogen and oxygen atoms in total. The summed E-state index contributed by atoms with van der Waals surface area (Å²) in [6.07, 6.45) is 4.30. The van der Waals surface area contributed by atoms with Crippen molar-refractivity contribution in [2.45, 2.75) is 39.5 Å². The second-order valence-electron chi connectivity index (χ2n) is 3.95. The Morgan fingerprint density at radius 3 is 1.44 bits per heavy atom. The molecule has 0 aliphatic carbocycles. The molecule has 0 unspecified atom stereocenters. The van der Waals surface area contributed by atoms with Crippen LogP contribution in [0.1, 0.15) is 37.8 Å². The molecule has 0 heterocycles. The van der Waals surface area contributed by atoms with Gasteiger partial charge in [0.25, 0.3) is 0 Å². The Balaban J connectivity index is 3.16. The van der Waals surface area contributed by atoms with Crippen molar-refractivity contribution in [3.8, 4) is 11.5 Å². The summed E-state index contributed by atoms with van der Waals surface area (Å²) in [6, 6.07) is 4.33. The monoisotopic (exact) mass is 222 g/mol. The molecule has 0 spiro atoms. The van der Waals surface area contributed by atoms with Gasteiger partial charge in [-0.15, -0.1) is 0 Å². The summed E-state index contributed by atoms with van der Waals surface area (Å²) in [7, 11) is 3.43. The highest BCUT2D eigenvalue weighted by Gasteiger charge is 2.13. The van der Waals surface area contributed by atoms with Gasteiger partial charge in [0, 0.05) is 0 Å². The van der Waals surface area contributed by atoms with Crippen LogP contribution in [0.5, 0.6) is 11.5 Å². The second-order valence-corrected chi connectivity index (χ2v) is 3.95. The topological polar surface area (TPSA) is 18.5 Å². The number of aryl methyl sites for hydroxylation is 2. The lowest BCUT2D eigenvalue weighted by Crippen LogP contribution is -2.00. The van der Waals surface area contributed by atoms with Gasteiger partial charge in [-0.1, -0.05) is 38.8 Å². The van der Waals surface area contributed by atoms with Crippen LogP contribution in [-0.2, 0) is 12.8 Å². The van der Waals surface area contributed by atoms with E-state index in [1.54, 1.807) is 14.2 Å². The van der Waals surface area contributed by atoms with Crippen LogP contribution in [0.4, 0.5) is 0 Å². The van der Waals surface area contributed by atoms with Gasteiger partial charge in [0.15, 0.2) is 11.5 Å². The van der Waals surface area contributed by atoms with Crippen LogP contribution in [0.25, 0.3) is 0 Å². The lowest BCUT2D eigenvalue weighted by molar-refractivity contribution is 0.348. The highest BCUT2D eigenvalue weighted by atomic mass is 16.5. The van der Waals surface area contributed by atoms with Gasteiger partial charge in [-0.05, 0) is 24.0 Å². The maximum atomic E-state index is 5.48. The smallest absolute Gasteiger partial charge is 0.164 e. The van der Waals surface area contributed by atoms with E-state index in [2.05, 4.69) is 26.0 Å². The van der Waals surface area contributed by atoms with Gasteiger partial charge in [-0.25, -0.2) is 0 Å². The summed E-state index contributed by atoms with van der Waals surface area (Å²) in [6.45, 7) is 4.34. The second kappa shape index (κ2) is 6.41. The van der Waals surface area contributed by atoms with Crippen LogP contribution in [0.15, 0.2) is 12.1 Å². The quantitative estimate of drug-likeness (QED) is 0.732. The predicted octanol–water partition coefficient (Wildman–Crippen LogP) is 3.61. The molecule has 0 N–H and O–H groups in total. The largest absolute Gasteiger partial charge is 0.493 e. The molecule has 0 saturated carbocycles. The maximum absolute atomic E-state index is 5.48. The molecule has 0 fully saturated rings. The van der Waals surface area contributed by atoms with E-state index in [0.717, 1.165) is 37.2 Å². The first kappa shape index (κ1) is 12.9. The third kappa shape index (κ3) is 2.69. The molecule has 0 aromatic heterocycles. The van der Waals surface area contributed by atoms with Gasteiger partial charge >= 0.3 is 0 Å². The van der Waals surface area contributed by atoms with E-state index >= 15 is 0 Å². The minimum absolute atomic E-state index is 0.912. The van der Waals surface area contributed by atoms with E-state index in [-0.39, 0.29) is 0 Å². The molecule has 0 atom stereocenters. The summed E-state index contributed by atoms with van der Waals surface area (Å²) < 4.78 is 11.0. The number of ether oxygens (including phenoxy) is 2. The zero-order valence-corrected chi connectivity index (χ0v) is 10.8. The SMILES string of the molecule is CCCc1ccc(CCC)c(OC)c1OC. The van der Waals surface area contributed by atoms with Crippen LogP contribution in [0.2, 0.25) is 0 Å². The first-order valence-corrected chi connectivity index (χ1v) is 6.01. The fraction of sp³-hybridized carbons (Fsp3) is 0.571. The Morgan fingerprint density at radius 2 is 1.19 bits per heavy atom. The van der Waals surface area contributed by atoms with Crippen molar-refractivity contribution in [2.24, 2.45) is 0 Å². The number of hydrogen-bond acceptors (Lipinski definition) is 2. The summed E-state index contributed by atoms with van der Waals surface area (Å²) in [4.78, 5) is 0. The van der Waals surface area contributed by atoms with Gasteiger partial charge in [-0.3, -0.25) is 0 Å². The first-order chi connectivity index (χ1) is 7.78. The van der Waals surface area contributed by atoms with Gasteiger partial charge in [0.05, 0.1) is 14.2 Å². The van der Waals surface area contributed by atoms with E-state index in [4.69, 9.17) is 9.47 Å². The average Bonchev–Trinajstić information content (AvgIpc) is 2.31.